The summed E-state index contributed by atoms with van der Waals surface area (Å²) in [7, 11) is 0. The van der Waals surface area contributed by atoms with Gasteiger partial charge in [-0.05, 0) is 49.6 Å². The maximum atomic E-state index is 5.66. The van der Waals surface area contributed by atoms with E-state index in [1.165, 1.54) is 22.4 Å². The van der Waals surface area contributed by atoms with Crippen LogP contribution in [0.25, 0.3) is 0 Å². The number of benzene rings is 1. The molecule has 1 unspecified atom stereocenters. The summed E-state index contributed by atoms with van der Waals surface area (Å²) in [6.45, 7) is 2.11. The lowest BCUT2D eigenvalue weighted by Gasteiger charge is -2.15. The Labute approximate surface area is 119 Å². The molecule has 2 aromatic rings. The molecule has 0 aliphatic carbocycles. The SMILES string of the molecule is Cc1ccc(CC(CCCc2cccs2)NN)cc1. The van der Waals surface area contributed by atoms with Gasteiger partial charge in [-0.3, -0.25) is 11.3 Å². The van der Waals surface area contributed by atoms with Crippen molar-refractivity contribution < 1.29 is 0 Å². The fourth-order valence-electron chi connectivity index (χ4n) is 2.23. The van der Waals surface area contributed by atoms with Gasteiger partial charge in [0.2, 0.25) is 0 Å². The first-order chi connectivity index (χ1) is 9.28. The molecule has 0 bridgehead atoms. The van der Waals surface area contributed by atoms with Crippen LogP contribution in [-0.4, -0.2) is 6.04 Å². The molecule has 0 spiro atoms. The maximum Gasteiger partial charge on any atom is 0.0251 e. The highest BCUT2D eigenvalue weighted by Gasteiger charge is 2.07. The molecule has 0 fully saturated rings. The molecule has 0 aliphatic heterocycles. The minimum absolute atomic E-state index is 0.364. The average Bonchev–Trinajstić information content (AvgIpc) is 2.93. The second-order valence-corrected chi connectivity index (χ2v) is 6.06. The van der Waals surface area contributed by atoms with Gasteiger partial charge in [-0.2, -0.15) is 0 Å². The van der Waals surface area contributed by atoms with Gasteiger partial charge in [0.05, 0.1) is 0 Å². The predicted molar refractivity (Wildman–Crippen MR) is 83.3 cm³/mol. The van der Waals surface area contributed by atoms with Gasteiger partial charge in [0.15, 0.2) is 0 Å². The molecule has 102 valence electrons. The van der Waals surface area contributed by atoms with Crippen LogP contribution in [-0.2, 0) is 12.8 Å². The Balaban J connectivity index is 1.78. The Bertz CT molecular complexity index is 462. The van der Waals surface area contributed by atoms with Crippen LogP contribution < -0.4 is 11.3 Å². The molecule has 2 nitrogen and oxygen atoms in total. The van der Waals surface area contributed by atoms with Crippen molar-refractivity contribution in [3.8, 4) is 0 Å². The minimum Gasteiger partial charge on any atom is -0.271 e. The van der Waals surface area contributed by atoms with E-state index in [9.17, 15) is 0 Å². The zero-order valence-corrected chi connectivity index (χ0v) is 12.2. The summed E-state index contributed by atoms with van der Waals surface area (Å²) < 4.78 is 0. The standard InChI is InChI=1S/C16H22N2S/c1-13-7-9-14(10-8-13)12-15(18-17)4-2-5-16-6-3-11-19-16/h3,6-11,15,18H,2,4-5,12,17H2,1H3. The first kappa shape index (κ1) is 14.3. The van der Waals surface area contributed by atoms with Crippen molar-refractivity contribution in [1.29, 1.82) is 0 Å². The van der Waals surface area contributed by atoms with Gasteiger partial charge in [0.1, 0.15) is 0 Å². The molecule has 1 heterocycles. The number of hydrogen-bond donors (Lipinski definition) is 2. The van der Waals surface area contributed by atoms with Crippen LogP contribution in [0.1, 0.15) is 28.8 Å². The number of nitrogens with two attached hydrogens (primary N) is 1. The smallest absolute Gasteiger partial charge is 0.0251 e. The summed E-state index contributed by atoms with van der Waals surface area (Å²) in [5.41, 5.74) is 5.60. The predicted octanol–water partition coefficient (Wildman–Crippen LogP) is 3.45. The molecule has 3 heteroatoms. The quantitative estimate of drug-likeness (QED) is 0.599. The van der Waals surface area contributed by atoms with E-state index in [1.807, 2.05) is 11.3 Å². The van der Waals surface area contributed by atoms with Crippen molar-refractivity contribution in [2.75, 3.05) is 0 Å². The van der Waals surface area contributed by atoms with Crippen LogP contribution in [0.4, 0.5) is 0 Å². The summed E-state index contributed by atoms with van der Waals surface area (Å²) in [5, 5.41) is 2.14. The first-order valence-corrected chi connectivity index (χ1v) is 7.70. The van der Waals surface area contributed by atoms with E-state index in [2.05, 4.69) is 54.1 Å². The van der Waals surface area contributed by atoms with E-state index in [4.69, 9.17) is 5.84 Å². The highest BCUT2D eigenvalue weighted by Crippen LogP contribution is 2.14. The monoisotopic (exact) mass is 274 g/mol. The van der Waals surface area contributed by atoms with Crippen molar-refractivity contribution in [2.24, 2.45) is 5.84 Å². The van der Waals surface area contributed by atoms with Crippen LogP contribution in [0.3, 0.4) is 0 Å². The Morgan fingerprint density at radius 3 is 2.63 bits per heavy atom. The average molecular weight is 274 g/mol. The highest BCUT2D eigenvalue weighted by atomic mass is 32.1. The van der Waals surface area contributed by atoms with Crippen molar-refractivity contribution >= 4 is 11.3 Å². The summed E-state index contributed by atoms with van der Waals surface area (Å²) in [6, 6.07) is 13.4. The molecule has 0 saturated carbocycles. The molecule has 19 heavy (non-hydrogen) atoms. The molecule has 1 atom stereocenters. The van der Waals surface area contributed by atoms with Crippen LogP contribution in [0.2, 0.25) is 0 Å². The zero-order valence-electron chi connectivity index (χ0n) is 11.4. The van der Waals surface area contributed by atoms with Crippen LogP contribution in [0.5, 0.6) is 0 Å². The largest absolute Gasteiger partial charge is 0.271 e. The van der Waals surface area contributed by atoms with E-state index < -0.39 is 0 Å². The molecule has 0 amide bonds. The van der Waals surface area contributed by atoms with E-state index in [-0.39, 0.29) is 0 Å². The highest BCUT2D eigenvalue weighted by molar-refractivity contribution is 7.09. The van der Waals surface area contributed by atoms with Crippen LogP contribution >= 0.6 is 11.3 Å². The molecular formula is C16H22N2S. The van der Waals surface area contributed by atoms with Gasteiger partial charge in [-0.1, -0.05) is 35.9 Å². The van der Waals surface area contributed by atoms with Gasteiger partial charge in [-0.25, -0.2) is 0 Å². The second-order valence-electron chi connectivity index (χ2n) is 5.02. The molecule has 2 rings (SSSR count). The van der Waals surface area contributed by atoms with E-state index >= 15 is 0 Å². The third-order valence-corrected chi connectivity index (χ3v) is 4.33. The summed E-state index contributed by atoms with van der Waals surface area (Å²) >= 11 is 1.84. The second kappa shape index (κ2) is 7.43. The van der Waals surface area contributed by atoms with Gasteiger partial charge in [0.25, 0.3) is 0 Å². The Hall–Kier alpha value is -1.16. The van der Waals surface area contributed by atoms with Crippen molar-refractivity contribution in [2.45, 2.75) is 38.6 Å². The molecule has 1 aromatic carbocycles. The van der Waals surface area contributed by atoms with Crippen molar-refractivity contribution in [3.05, 3.63) is 57.8 Å². The summed E-state index contributed by atoms with van der Waals surface area (Å²) in [5.74, 6) is 5.66. The topological polar surface area (TPSA) is 38.0 Å². The zero-order chi connectivity index (χ0) is 13.5. The Morgan fingerprint density at radius 1 is 1.21 bits per heavy atom. The van der Waals surface area contributed by atoms with Gasteiger partial charge in [0, 0.05) is 10.9 Å². The van der Waals surface area contributed by atoms with Crippen molar-refractivity contribution in [1.82, 2.24) is 5.43 Å². The molecule has 1 aromatic heterocycles. The van der Waals surface area contributed by atoms with Crippen LogP contribution in [0, 0.1) is 6.92 Å². The lowest BCUT2D eigenvalue weighted by atomic mass is 10.0. The number of rotatable bonds is 7. The van der Waals surface area contributed by atoms with Gasteiger partial charge < -0.3 is 0 Å². The Kier molecular flexibility index (Phi) is 5.58. The molecule has 0 saturated heterocycles. The number of aryl methyl sites for hydroxylation is 2. The number of hydrazine groups is 1. The maximum absolute atomic E-state index is 5.66. The molecule has 3 N–H and O–H groups in total. The third-order valence-electron chi connectivity index (χ3n) is 3.39. The number of thiophene rings is 1. The fraction of sp³-hybridized carbons (Fsp3) is 0.375. The van der Waals surface area contributed by atoms with Crippen molar-refractivity contribution in [3.63, 3.8) is 0 Å². The van der Waals surface area contributed by atoms with E-state index in [0.717, 1.165) is 19.3 Å². The molecule has 0 radical (unpaired) electrons. The lowest BCUT2D eigenvalue weighted by Crippen LogP contribution is -2.36. The lowest BCUT2D eigenvalue weighted by molar-refractivity contribution is 0.477. The van der Waals surface area contributed by atoms with E-state index in [0.29, 0.717) is 6.04 Å². The first-order valence-electron chi connectivity index (χ1n) is 6.82. The minimum atomic E-state index is 0.364. The molecular weight excluding hydrogens is 252 g/mol. The fourth-order valence-corrected chi connectivity index (χ4v) is 2.98. The van der Waals surface area contributed by atoms with Crippen LogP contribution in [0.15, 0.2) is 41.8 Å². The van der Waals surface area contributed by atoms with Gasteiger partial charge >= 0.3 is 0 Å². The summed E-state index contributed by atoms with van der Waals surface area (Å²) in [4.78, 5) is 1.46. The number of hydrogen-bond acceptors (Lipinski definition) is 3. The number of nitrogens with one attached hydrogen (secondary N) is 1. The molecule has 0 aliphatic rings. The normalized spacial score (nSPS) is 12.5. The summed E-state index contributed by atoms with van der Waals surface area (Å²) in [6.07, 6.45) is 4.45. The Morgan fingerprint density at radius 2 is 2.00 bits per heavy atom. The van der Waals surface area contributed by atoms with E-state index in [1.54, 1.807) is 0 Å². The van der Waals surface area contributed by atoms with Gasteiger partial charge in [-0.15, -0.1) is 11.3 Å². The third kappa shape index (κ3) is 4.78.